The van der Waals surface area contributed by atoms with Crippen molar-refractivity contribution in [3.8, 4) is 0 Å². The fourth-order valence-corrected chi connectivity index (χ4v) is 5.74. The summed E-state index contributed by atoms with van der Waals surface area (Å²) in [5.41, 5.74) is 7.71. The summed E-state index contributed by atoms with van der Waals surface area (Å²) < 4.78 is 0. The van der Waals surface area contributed by atoms with Gasteiger partial charge in [0.05, 0.1) is 0 Å². The molecule has 0 unspecified atom stereocenters. The van der Waals surface area contributed by atoms with Crippen molar-refractivity contribution in [1.29, 1.82) is 0 Å². The van der Waals surface area contributed by atoms with E-state index in [4.69, 9.17) is 11.5 Å². The summed E-state index contributed by atoms with van der Waals surface area (Å²) in [5.74, 6) is -4.39. The number of carbonyl (C=O) groups is 4. The number of carbonyl (C=O) groups excluding carboxylic acids is 2. The van der Waals surface area contributed by atoms with Crippen molar-refractivity contribution in [3.05, 3.63) is 0 Å². The van der Waals surface area contributed by atoms with Crippen LogP contribution in [0.5, 0.6) is 0 Å². The number of carboxylic acids is 2. The van der Waals surface area contributed by atoms with Crippen LogP contribution >= 0.6 is 21.6 Å². The van der Waals surface area contributed by atoms with Gasteiger partial charge in [-0.15, -0.1) is 0 Å². The molecule has 186 valence electrons. The van der Waals surface area contributed by atoms with Gasteiger partial charge in [0.25, 0.3) is 0 Å². The first-order valence-electron chi connectivity index (χ1n) is 11.4. The molecule has 0 saturated carbocycles. The van der Waals surface area contributed by atoms with Crippen molar-refractivity contribution in [2.45, 2.75) is 102 Å². The molecule has 0 radical (unpaired) electrons. The number of hydrogen-bond donors (Lipinski definition) is 4. The smallest absolute Gasteiger partial charge is 0.332 e. The van der Waals surface area contributed by atoms with Gasteiger partial charge in [-0.1, -0.05) is 86.8 Å². The summed E-state index contributed by atoms with van der Waals surface area (Å²) >= 11 is 0. The van der Waals surface area contributed by atoms with E-state index >= 15 is 0 Å². The molecular weight excluding hydrogens is 452 g/mol. The Kier molecular flexibility index (Phi) is 15.9. The van der Waals surface area contributed by atoms with Crippen LogP contribution in [0.25, 0.3) is 0 Å². The number of nitrogens with two attached hydrogens (primary N) is 2. The average Bonchev–Trinajstić information content (AvgIpc) is 2.75. The lowest BCUT2D eigenvalue weighted by Gasteiger charge is -2.25. The molecule has 6 N–H and O–H groups in total. The molecule has 0 saturated heterocycles. The number of Topliss-reactive ketones (excluding diaryl/α,β-unsaturated/α-hetero) is 2. The molecule has 0 bridgehead atoms. The molecule has 0 fully saturated rings. The second-order valence-corrected chi connectivity index (χ2v) is 10.7. The molecule has 0 aliphatic rings. The standard InChI is InChI=1S/C22H40N2O6S2/c1-3-5-7-9-11-13-17(25)21(23,19(27)28)15-31-32-16-22(24,20(29)30)18(26)14-12-10-8-6-4-2/h3-16,23-24H2,1-2H3,(H,27,28)(H,29,30)/t21-,22-/m1/s1. The fraction of sp³-hybridized carbons (Fsp3) is 0.818. The Balaban J connectivity index is 4.71. The van der Waals surface area contributed by atoms with E-state index in [-0.39, 0.29) is 24.3 Å². The van der Waals surface area contributed by atoms with Gasteiger partial charge in [0.2, 0.25) is 0 Å². The number of rotatable bonds is 21. The van der Waals surface area contributed by atoms with Crippen LogP contribution in [0.4, 0.5) is 0 Å². The van der Waals surface area contributed by atoms with Crippen LogP contribution in [0.1, 0.15) is 90.9 Å². The van der Waals surface area contributed by atoms with Crippen LogP contribution in [0.3, 0.4) is 0 Å². The molecule has 0 spiro atoms. The van der Waals surface area contributed by atoms with Gasteiger partial charge in [-0.05, 0) is 12.8 Å². The van der Waals surface area contributed by atoms with E-state index in [9.17, 15) is 29.4 Å². The lowest BCUT2D eigenvalue weighted by molar-refractivity contribution is -0.148. The molecule has 0 aliphatic heterocycles. The minimum absolute atomic E-state index is 0.0875. The Bertz CT molecular complexity index is 567. The highest BCUT2D eigenvalue weighted by Crippen LogP contribution is 2.30. The number of aliphatic carboxylic acids is 2. The summed E-state index contributed by atoms with van der Waals surface area (Å²) in [4.78, 5) is 48.2. The maximum absolute atomic E-state index is 12.4. The second-order valence-electron chi connectivity index (χ2n) is 8.25. The topological polar surface area (TPSA) is 161 Å². The Morgan fingerprint density at radius 2 is 0.938 bits per heavy atom. The number of ketones is 2. The van der Waals surface area contributed by atoms with E-state index < -0.39 is 34.6 Å². The Morgan fingerprint density at radius 1 is 0.625 bits per heavy atom. The van der Waals surface area contributed by atoms with Crippen molar-refractivity contribution in [3.63, 3.8) is 0 Å². The van der Waals surface area contributed by atoms with E-state index in [0.29, 0.717) is 12.8 Å². The van der Waals surface area contributed by atoms with E-state index in [1.807, 2.05) is 0 Å². The summed E-state index contributed by atoms with van der Waals surface area (Å²) in [7, 11) is 1.91. The minimum Gasteiger partial charge on any atom is -0.480 e. The van der Waals surface area contributed by atoms with Crippen LogP contribution in [-0.2, 0) is 19.2 Å². The quantitative estimate of drug-likeness (QED) is 0.105. The highest BCUT2D eigenvalue weighted by Gasteiger charge is 2.43. The first-order chi connectivity index (χ1) is 15.1. The highest BCUT2D eigenvalue weighted by molar-refractivity contribution is 8.76. The van der Waals surface area contributed by atoms with Gasteiger partial charge in [-0.2, -0.15) is 0 Å². The van der Waals surface area contributed by atoms with Crippen LogP contribution in [0, 0.1) is 0 Å². The summed E-state index contributed by atoms with van der Waals surface area (Å²) in [5, 5.41) is 19.0. The summed E-state index contributed by atoms with van der Waals surface area (Å²) in [6.45, 7) is 4.16. The lowest BCUT2D eigenvalue weighted by Crippen LogP contribution is -2.58. The van der Waals surface area contributed by atoms with Crippen LogP contribution in [0.2, 0.25) is 0 Å². The number of hydrogen-bond acceptors (Lipinski definition) is 8. The fourth-order valence-electron chi connectivity index (χ4n) is 3.02. The molecular formula is C22H40N2O6S2. The van der Waals surface area contributed by atoms with Gasteiger partial charge in [0, 0.05) is 24.3 Å². The first-order valence-corrected chi connectivity index (χ1v) is 13.9. The van der Waals surface area contributed by atoms with E-state index in [0.717, 1.165) is 73.0 Å². The van der Waals surface area contributed by atoms with Crippen molar-refractivity contribution in [1.82, 2.24) is 0 Å². The molecule has 0 aliphatic carbocycles. The zero-order chi connectivity index (χ0) is 24.6. The van der Waals surface area contributed by atoms with Crippen LogP contribution < -0.4 is 11.5 Å². The molecule has 0 aromatic carbocycles. The van der Waals surface area contributed by atoms with Crippen LogP contribution in [0.15, 0.2) is 0 Å². The predicted octanol–water partition coefficient (Wildman–Crippen LogP) is 3.79. The molecule has 8 nitrogen and oxygen atoms in total. The highest BCUT2D eigenvalue weighted by atomic mass is 33.1. The molecule has 2 atom stereocenters. The molecule has 10 heteroatoms. The SMILES string of the molecule is CCCCCCCC(=O)[C@](N)(CSSC[C@](N)(C(=O)O)C(=O)CCCCCCC)C(=O)O. The largest absolute Gasteiger partial charge is 0.480 e. The van der Waals surface area contributed by atoms with Crippen molar-refractivity contribution < 1.29 is 29.4 Å². The zero-order valence-electron chi connectivity index (χ0n) is 19.4. The normalized spacial score (nSPS) is 15.0. The van der Waals surface area contributed by atoms with Gasteiger partial charge in [-0.25, -0.2) is 9.59 Å². The lowest BCUT2D eigenvalue weighted by atomic mass is 9.93. The Labute approximate surface area is 199 Å². The molecule has 0 aromatic rings. The van der Waals surface area contributed by atoms with Crippen molar-refractivity contribution in [2.75, 3.05) is 11.5 Å². The third-order valence-corrected chi connectivity index (χ3v) is 7.95. The molecule has 0 aromatic heterocycles. The average molecular weight is 493 g/mol. The maximum Gasteiger partial charge on any atom is 0.332 e. The van der Waals surface area contributed by atoms with Gasteiger partial charge in [0.1, 0.15) is 0 Å². The monoisotopic (exact) mass is 492 g/mol. The molecule has 0 heterocycles. The first kappa shape index (κ1) is 30.9. The third kappa shape index (κ3) is 10.7. The Hall–Kier alpha value is -1.10. The van der Waals surface area contributed by atoms with E-state index in [1.165, 1.54) is 0 Å². The van der Waals surface area contributed by atoms with Gasteiger partial charge in [-0.3, -0.25) is 9.59 Å². The van der Waals surface area contributed by atoms with Gasteiger partial charge >= 0.3 is 11.9 Å². The minimum atomic E-state index is -2.05. The van der Waals surface area contributed by atoms with Crippen molar-refractivity contribution in [2.24, 2.45) is 11.5 Å². The molecule has 32 heavy (non-hydrogen) atoms. The Morgan fingerprint density at radius 3 is 1.22 bits per heavy atom. The predicted molar refractivity (Wildman–Crippen MR) is 131 cm³/mol. The van der Waals surface area contributed by atoms with E-state index in [2.05, 4.69) is 13.8 Å². The summed E-state index contributed by atoms with van der Waals surface area (Å²) in [6, 6.07) is 0. The zero-order valence-corrected chi connectivity index (χ0v) is 21.0. The number of carboxylic acid groups (broad SMARTS) is 2. The number of unbranched alkanes of at least 4 members (excludes halogenated alkanes) is 8. The molecule has 0 rings (SSSR count). The third-order valence-electron chi connectivity index (χ3n) is 5.43. The van der Waals surface area contributed by atoms with Gasteiger partial charge < -0.3 is 21.7 Å². The van der Waals surface area contributed by atoms with Crippen molar-refractivity contribution >= 4 is 45.1 Å². The van der Waals surface area contributed by atoms with E-state index in [1.54, 1.807) is 0 Å². The summed E-state index contributed by atoms with van der Waals surface area (Å²) in [6.07, 6.45) is 9.26. The second kappa shape index (κ2) is 16.5. The maximum atomic E-state index is 12.4. The van der Waals surface area contributed by atoms with Gasteiger partial charge in [0.15, 0.2) is 22.6 Å². The molecule has 0 amide bonds. The van der Waals surface area contributed by atoms with Crippen LogP contribution in [-0.4, -0.2) is 56.3 Å².